The van der Waals surface area contributed by atoms with Gasteiger partial charge in [-0.1, -0.05) is 30.3 Å². The van der Waals surface area contributed by atoms with Gasteiger partial charge in [0.25, 0.3) is 5.91 Å². The predicted octanol–water partition coefficient (Wildman–Crippen LogP) is 2.51. The first-order valence-corrected chi connectivity index (χ1v) is 8.91. The summed E-state index contributed by atoms with van der Waals surface area (Å²) in [6, 6.07) is 13.6. The minimum atomic E-state index is -0.704. The number of aromatic amines is 1. The van der Waals surface area contributed by atoms with Gasteiger partial charge >= 0.3 is 0 Å². The number of rotatable bonds is 2. The second-order valence-corrected chi connectivity index (χ2v) is 6.81. The maximum absolute atomic E-state index is 13.3. The summed E-state index contributed by atoms with van der Waals surface area (Å²) in [5.41, 5.74) is 9.12. The van der Waals surface area contributed by atoms with E-state index in [1.54, 1.807) is 36.5 Å². The van der Waals surface area contributed by atoms with Crippen LogP contribution in [0, 0.1) is 0 Å². The molecule has 0 spiro atoms. The monoisotopic (exact) mass is 385 g/mol. The van der Waals surface area contributed by atoms with E-state index in [0.29, 0.717) is 39.0 Å². The summed E-state index contributed by atoms with van der Waals surface area (Å²) in [5, 5.41) is 21.3. The van der Waals surface area contributed by atoms with Gasteiger partial charge in [0.1, 0.15) is 5.75 Å². The normalized spacial score (nSPS) is 15.3. The zero-order valence-electron chi connectivity index (χ0n) is 15.0. The first-order chi connectivity index (χ1) is 14.0. The van der Waals surface area contributed by atoms with E-state index in [1.807, 2.05) is 6.07 Å². The number of nitrogens with two attached hydrogens (primary N) is 1. The summed E-state index contributed by atoms with van der Waals surface area (Å²) in [6.07, 6.45) is 1.69. The average Bonchev–Trinajstić information content (AvgIpc) is 3.12. The zero-order valence-corrected chi connectivity index (χ0v) is 15.0. The zero-order chi connectivity index (χ0) is 20.1. The highest BCUT2D eigenvalue weighted by molar-refractivity contribution is 6.14. The van der Waals surface area contributed by atoms with E-state index in [1.165, 1.54) is 12.1 Å². The number of amides is 2. The molecule has 29 heavy (non-hydrogen) atoms. The predicted molar refractivity (Wildman–Crippen MR) is 106 cm³/mol. The molecule has 0 radical (unpaired) electrons. The van der Waals surface area contributed by atoms with Gasteiger partial charge in [0, 0.05) is 28.4 Å². The number of carbonyl (C=O) groups excluding carboxylic acids is 2. The highest BCUT2D eigenvalue weighted by Gasteiger charge is 2.32. The van der Waals surface area contributed by atoms with Gasteiger partial charge in [-0.3, -0.25) is 9.59 Å². The molecule has 5 N–H and O–H groups in total. The summed E-state index contributed by atoms with van der Waals surface area (Å²) < 4.78 is 0. The fourth-order valence-electron chi connectivity index (χ4n) is 3.85. The maximum atomic E-state index is 13.3. The molecule has 1 atom stereocenters. The van der Waals surface area contributed by atoms with Gasteiger partial charge in [0.05, 0.1) is 5.92 Å². The van der Waals surface area contributed by atoms with Crippen LogP contribution in [-0.4, -0.2) is 32.1 Å². The topological polar surface area (TPSA) is 134 Å². The highest BCUT2D eigenvalue weighted by Crippen LogP contribution is 2.42. The van der Waals surface area contributed by atoms with Gasteiger partial charge in [0.15, 0.2) is 11.3 Å². The number of fused-ring (bicyclic) bond motifs is 2. The molecule has 4 aromatic rings. The number of phenolic OH excluding ortho intramolecular Hbond substituents is 1. The van der Waals surface area contributed by atoms with Crippen LogP contribution in [0.2, 0.25) is 0 Å². The highest BCUT2D eigenvalue weighted by atomic mass is 16.3. The number of anilines is 1. The standard InChI is InChI=1S/C21H15N5O3/c22-19(28)18-16-12-3-1-2-4-14(12)24-21(29)15(10-5-7-11(27)8-6-10)13-9-23-20(17(13)16)26-25-18/h1-9,15,27H,(H2,22,28)(H,23,26)(H,24,29). The van der Waals surface area contributed by atoms with Crippen molar-refractivity contribution >= 4 is 28.5 Å². The Morgan fingerprint density at radius 2 is 1.83 bits per heavy atom. The van der Waals surface area contributed by atoms with Crippen molar-refractivity contribution in [3.05, 3.63) is 71.5 Å². The number of hydrogen-bond acceptors (Lipinski definition) is 5. The summed E-state index contributed by atoms with van der Waals surface area (Å²) >= 11 is 0. The number of para-hydroxylation sites is 1. The molecule has 1 unspecified atom stereocenters. The Kier molecular flexibility index (Phi) is 3.60. The number of aromatic hydroxyl groups is 1. The van der Waals surface area contributed by atoms with Crippen molar-refractivity contribution in [3.8, 4) is 16.9 Å². The van der Waals surface area contributed by atoms with Gasteiger partial charge in [0.2, 0.25) is 5.91 Å². The second-order valence-electron chi connectivity index (χ2n) is 6.81. The molecular weight excluding hydrogens is 370 g/mol. The fourth-order valence-corrected chi connectivity index (χ4v) is 3.85. The minimum absolute atomic E-state index is 0.0337. The van der Waals surface area contributed by atoms with E-state index in [9.17, 15) is 14.7 Å². The maximum Gasteiger partial charge on any atom is 0.269 e. The van der Waals surface area contributed by atoms with Crippen LogP contribution in [0.15, 0.2) is 54.7 Å². The Labute approximate surface area is 164 Å². The summed E-state index contributed by atoms with van der Waals surface area (Å²) in [7, 11) is 0. The molecule has 8 heteroatoms. The molecule has 0 bridgehead atoms. The van der Waals surface area contributed by atoms with Gasteiger partial charge in [-0.2, -0.15) is 0 Å². The molecule has 2 aromatic heterocycles. The van der Waals surface area contributed by atoms with Gasteiger partial charge < -0.3 is 21.1 Å². The number of primary amides is 1. The van der Waals surface area contributed by atoms with Crippen molar-refractivity contribution in [3.63, 3.8) is 0 Å². The molecule has 2 aromatic carbocycles. The number of aromatic nitrogens is 3. The second kappa shape index (κ2) is 6.16. The van der Waals surface area contributed by atoms with Crippen LogP contribution in [0.5, 0.6) is 5.75 Å². The lowest BCUT2D eigenvalue weighted by Gasteiger charge is -2.23. The Bertz CT molecular complexity index is 1290. The Hall–Kier alpha value is -4.20. The van der Waals surface area contributed by atoms with Crippen LogP contribution < -0.4 is 11.1 Å². The average molecular weight is 385 g/mol. The lowest BCUT2D eigenvalue weighted by atomic mass is 9.85. The number of H-pyrrole nitrogens is 1. The van der Waals surface area contributed by atoms with Crippen molar-refractivity contribution in [2.24, 2.45) is 5.73 Å². The number of nitrogens with one attached hydrogen (secondary N) is 2. The van der Waals surface area contributed by atoms with Crippen LogP contribution in [0.25, 0.3) is 22.2 Å². The van der Waals surface area contributed by atoms with Crippen molar-refractivity contribution in [2.75, 3.05) is 5.32 Å². The van der Waals surface area contributed by atoms with Crippen molar-refractivity contribution in [2.45, 2.75) is 5.92 Å². The van der Waals surface area contributed by atoms with E-state index >= 15 is 0 Å². The van der Waals surface area contributed by atoms with Crippen molar-refractivity contribution in [1.82, 2.24) is 15.2 Å². The Morgan fingerprint density at radius 3 is 2.59 bits per heavy atom. The van der Waals surface area contributed by atoms with Gasteiger partial charge in [-0.25, -0.2) is 0 Å². The molecule has 3 heterocycles. The molecule has 0 aliphatic carbocycles. The quantitative estimate of drug-likeness (QED) is 0.421. The van der Waals surface area contributed by atoms with Gasteiger partial charge in [-0.05, 0) is 29.3 Å². The third-order valence-corrected chi connectivity index (χ3v) is 5.11. The molecule has 2 amide bonds. The molecule has 1 aliphatic rings. The first kappa shape index (κ1) is 16.9. The Balaban J connectivity index is 1.91. The van der Waals surface area contributed by atoms with Crippen LogP contribution in [-0.2, 0) is 4.79 Å². The third kappa shape index (κ3) is 2.53. The molecule has 5 rings (SSSR count). The molecular formula is C21H15N5O3. The first-order valence-electron chi connectivity index (χ1n) is 8.91. The van der Waals surface area contributed by atoms with Crippen molar-refractivity contribution < 1.29 is 14.7 Å². The van der Waals surface area contributed by atoms with E-state index in [2.05, 4.69) is 20.5 Å². The van der Waals surface area contributed by atoms with E-state index in [4.69, 9.17) is 5.73 Å². The van der Waals surface area contributed by atoms with Crippen LogP contribution in [0.1, 0.15) is 27.5 Å². The number of benzene rings is 2. The number of hydrogen-bond donors (Lipinski definition) is 4. The summed E-state index contributed by atoms with van der Waals surface area (Å²) in [4.78, 5) is 28.5. The summed E-state index contributed by atoms with van der Waals surface area (Å²) in [6.45, 7) is 0. The van der Waals surface area contributed by atoms with E-state index < -0.39 is 11.8 Å². The summed E-state index contributed by atoms with van der Waals surface area (Å²) in [5.74, 6) is -1.54. The largest absolute Gasteiger partial charge is 0.508 e. The molecule has 0 saturated heterocycles. The number of carbonyl (C=O) groups is 2. The van der Waals surface area contributed by atoms with Crippen molar-refractivity contribution in [1.29, 1.82) is 0 Å². The van der Waals surface area contributed by atoms with Crippen LogP contribution in [0.3, 0.4) is 0 Å². The number of phenols is 1. The SMILES string of the molecule is NC(=O)c1nnc2[nH]cc3c2c1-c1ccccc1NC(=O)C3c1ccc(O)cc1. The number of nitrogens with zero attached hydrogens (tertiary/aromatic N) is 2. The van der Waals surface area contributed by atoms with Gasteiger partial charge in [-0.15, -0.1) is 10.2 Å². The van der Waals surface area contributed by atoms with Crippen LogP contribution in [0.4, 0.5) is 5.69 Å². The smallest absolute Gasteiger partial charge is 0.269 e. The fraction of sp³-hybridized carbons (Fsp3) is 0.0476. The van der Waals surface area contributed by atoms with E-state index in [-0.39, 0.29) is 17.4 Å². The van der Waals surface area contributed by atoms with Crippen LogP contribution >= 0.6 is 0 Å². The lowest BCUT2D eigenvalue weighted by molar-refractivity contribution is -0.116. The molecule has 142 valence electrons. The molecule has 8 nitrogen and oxygen atoms in total. The minimum Gasteiger partial charge on any atom is -0.508 e. The third-order valence-electron chi connectivity index (χ3n) is 5.11. The molecule has 1 aliphatic heterocycles. The molecule has 0 fully saturated rings. The Morgan fingerprint density at radius 1 is 1.07 bits per heavy atom. The van der Waals surface area contributed by atoms with E-state index in [0.717, 1.165) is 0 Å². The lowest BCUT2D eigenvalue weighted by Crippen LogP contribution is -2.24. The molecule has 0 saturated carbocycles.